The van der Waals surface area contributed by atoms with Gasteiger partial charge in [-0.15, -0.1) is 0 Å². The fourth-order valence-corrected chi connectivity index (χ4v) is 3.21. The molecule has 0 saturated heterocycles. The molecular formula is C18H34O6. The molecule has 6 nitrogen and oxygen atoms in total. The smallest absolute Gasteiger partial charge is 0.363 e. The lowest BCUT2D eigenvalue weighted by Crippen LogP contribution is -2.40. The number of aliphatic hydroxyl groups is 1. The summed E-state index contributed by atoms with van der Waals surface area (Å²) in [5.41, 5.74) is 0. The van der Waals surface area contributed by atoms with Gasteiger partial charge in [-0.3, -0.25) is 0 Å². The van der Waals surface area contributed by atoms with Crippen molar-refractivity contribution in [3.63, 3.8) is 0 Å². The van der Waals surface area contributed by atoms with Gasteiger partial charge in [-0.2, -0.15) is 0 Å². The molecule has 0 spiro atoms. The monoisotopic (exact) mass is 346 g/mol. The van der Waals surface area contributed by atoms with Crippen LogP contribution in [0.3, 0.4) is 0 Å². The van der Waals surface area contributed by atoms with Crippen LogP contribution in [0.4, 0.5) is 0 Å². The number of carbonyl (C=O) groups is 1. The van der Waals surface area contributed by atoms with E-state index in [2.05, 4.69) is 20.8 Å². The molecule has 1 rings (SSSR count). The van der Waals surface area contributed by atoms with Crippen LogP contribution in [-0.2, 0) is 23.7 Å². The van der Waals surface area contributed by atoms with Gasteiger partial charge in [0.05, 0.1) is 0 Å². The van der Waals surface area contributed by atoms with E-state index in [0.717, 1.165) is 19.3 Å². The van der Waals surface area contributed by atoms with Crippen molar-refractivity contribution in [1.82, 2.24) is 0 Å². The van der Waals surface area contributed by atoms with Crippen molar-refractivity contribution in [3.05, 3.63) is 0 Å². The largest absolute Gasteiger partial charge is 0.458 e. The molecule has 6 heteroatoms. The standard InChI is InChI=1S/C18H34O6/c1-6-21-16(22-7-2)11-23-17(19)18(20)24-15-10-13(5)8-9-14(15)12(3)4/h12-17,19H,6-11H2,1-5H3/t13-,14+,15-,17-/m1/s1. The van der Waals surface area contributed by atoms with Crippen LogP contribution in [-0.4, -0.2) is 49.6 Å². The van der Waals surface area contributed by atoms with Crippen molar-refractivity contribution in [1.29, 1.82) is 0 Å². The fraction of sp³-hybridized carbons (Fsp3) is 0.944. The van der Waals surface area contributed by atoms with Crippen LogP contribution in [0.5, 0.6) is 0 Å². The maximum Gasteiger partial charge on any atom is 0.363 e. The number of ether oxygens (including phenoxy) is 4. The van der Waals surface area contributed by atoms with Crippen LogP contribution in [0, 0.1) is 17.8 Å². The van der Waals surface area contributed by atoms with Gasteiger partial charge < -0.3 is 24.1 Å². The Morgan fingerprint density at radius 3 is 2.29 bits per heavy atom. The molecule has 1 fully saturated rings. The molecule has 1 aliphatic rings. The highest BCUT2D eigenvalue weighted by Crippen LogP contribution is 2.35. The summed E-state index contributed by atoms with van der Waals surface area (Å²) in [5, 5.41) is 9.92. The van der Waals surface area contributed by atoms with E-state index in [0.29, 0.717) is 31.0 Å². The first-order valence-corrected chi connectivity index (χ1v) is 9.12. The van der Waals surface area contributed by atoms with Gasteiger partial charge in [-0.1, -0.05) is 27.2 Å². The summed E-state index contributed by atoms with van der Waals surface area (Å²) in [6, 6.07) is 0. The van der Waals surface area contributed by atoms with Gasteiger partial charge in [0, 0.05) is 13.2 Å². The quantitative estimate of drug-likeness (QED) is 0.484. The Kier molecular flexibility index (Phi) is 9.81. The molecule has 0 aliphatic heterocycles. The number of carbonyl (C=O) groups excluding carboxylic acids is 1. The minimum Gasteiger partial charge on any atom is -0.458 e. The second-order valence-electron chi connectivity index (χ2n) is 6.83. The predicted molar refractivity (Wildman–Crippen MR) is 90.2 cm³/mol. The van der Waals surface area contributed by atoms with Gasteiger partial charge in [0.15, 0.2) is 6.29 Å². The van der Waals surface area contributed by atoms with Gasteiger partial charge in [-0.25, -0.2) is 4.79 Å². The molecule has 142 valence electrons. The Morgan fingerprint density at radius 1 is 1.12 bits per heavy atom. The lowest BCUT2D eigenvalue weighted by Gasteiger charge is -2.37. The maximum absolute atomic E-state index is 12.1. The molecule has 24 heavy (non-hydrogen) atoms. The number of rotatable bonds is 10. The Balaban J connectivity index is 2.49. The molecule has 0 aromatic carbocycles. The normalized spacial score (nSPS) is 25.9. The van der Waals surface area contributed by atoms with Crippen molar-refractivity contribution < 1.29 is 28.8 Å². The van der Waals surface area contributed by atoms with Gasteiger partial charge >= 0.3 is 5.97 Å². The van der Waals surface area contributed by atoms with E-state index in [1.165, 1.54) is 0 Å². The molecule has 1 saturated carbocycles. The van der Waals surface area contributed by atoms with E-state index in [4.69, 9.17) is 18.9 Å². The average molecular weight is 346 g/mol. The fourth-order valence-electron chi connectivity index (χ4n) is 3.21. The molecule has 0 amide bonds. The van der Waals surface area contributed by atoms with E-state index in [1.807, 2.05) is 13.8 Å². The summed E-state index contributed by atoms with van der Waals surface area (Å²) >= 11 is 0. The summed E-state index contributed by atoms with van der Waals surface area (Å²) in [4.78, 5) is 12.1. The highest BCUT2D eigenvalue weighted by Gasteiger charge is 2.35. The molecular weight excluding hydrogens is 312 g/mol. The zero-order valence-corrected chi connectivity index (χ0v) is 15.7. The number of hydrogen-bond donors (Lipinski definition) is 1. The molecule has 4 atom stereocenters. The average Bonchev–Trinajstić information content (AvgIpc) is 2.52. The molecule has 0 aromatic heterocycles. The van der Waals surface area contributed by atoms with Crippen molar-refractivity contribution >= 4 is 5.97 Å². The van der Waals surface area contributed by atoms with Crippen LogP contribution in [0.15, 0.2) is 0 Å². The third-order valence-corrected chi connectivity index (χ3v) is 4.53. The van der Waals surface area contributed by atoms with E-state index in [1.54, 1.807) is 0 Å². The second-order valence-corrected chi connectivity index (χ2v) is 6.83. The Bertz CT molecular complexity index is 353. The number of aliphatic hydroxyl groups excluding tert-OH is 1. The first-order chi connectivity index (χ1) is 11.4. The molecule has 0 heterocycles. The van der Waals surface area contributed by atoms with Crippen molar-refractivity contribution in [2.24, 2.45) is 17.8 Å². The Morgan fingerprint density at radius 2 is 1.75 bits per heavy atom. The van der Waals surface area contributed by atoms with E-state index in [-0.39, 0.29) is 12.7 Å². The van der Waals surface area contributed by atoms with Crippen molar-refractivity contribution in [3.8, 4) is 0 Å². The van der Waals surface area contributed by atoms with Crippen molar-refractivity contribution in [2.45, 2.75) is 72.6 Å². The molecule has 1 aliphatic carbocycles. The van der Waals surface area contributed by atoms with Crippen LogP contribution >= 0.6 is 0 Å². The maximum atomic E-state index is 12.1. The number of hydrogen-bond acceptors (Lipinski definition) is 6. The first-order valence-electron chi connectivity index (χ1n) is 9.12. The highest BCUT2D eigenvalue weighted by molar-refractivity contribution is 5.73. The minimum atomic E-state index is -1.61. The first kappa shape index (κ1) is 21.4. The Labute approximate surface area is 145 Å². The Hall–Kier alpha value is -0.690. The van der Waals surface area contributed by atoms with E-state index >= 15 is 0 Å². The predicted octanol–water partition coefficient (Wildman–Crippen LogP) is 2.72. The third kappa shape index (κ3) is 7.05. The minimum absolute atomic E-state index is 0.0212. The van der Waals surface area contributed by atoms with E-state index < -0.39 is 18.5 Å². The lowest BCUT2D eigenvalue weighted by atomic mass is 9.75. The third-order valence-electron chi connectivity index (χ3n) is 4.53. The van der Waals surface area contributed by atoms with Crippen LogP contribution in [0.25, 0.3) is 0 Å². The highest BCUT2D eigenvalue weighted by atomic mass is 16.7. The zero-order chi connectivity index (χ0) is 18.1. The molecule has 0 radical (unpaired) electrons. The summed E-state index contributed by atoms with van der Waals surface area (Å²) in [6.45, 7) is 11.0. The molecule has 0 aromatic rings. The molecule has 1 N–H and O–H groups in total. The van der Waals surface area contributed by atoms with Gasteiger partial charge in [0.1, 0.15) is 12.7 Å². The topological polar surface area (TPSA) is 74.2 Å². The second kappa shape index (κ2) is 11.0. The summed E-state index contributed by atoms with van der Waals surface area (Å²) < 4.78 is 21.3. The summed E-state index contributed by atoms with van der Waals surface area (Å²) in [6.07, 6.45) is 0.667. The molecule has 0 bridgehead atoms. The SMILES string of the molecule is CCOC(CO[C@@H](O)C(=O)O[C@@H]1C[C@H](C)CC[C@H]1C(C)C)OCC. The van der Waals surface area contributed by atoms with Crippen LogP contribution in [0.1, 0.15) is 53.9 Å². The van der Waals surface area contributed by atoms with Gasteiger partial charge in [0.2, 0.25) is 0 Å². The van der Waals surface area contributed by atoms with Gasteiger partial charge in [0.25, 0.3) is 6.29 Å². The van der Waals surface area contributed by atoms with Crippen LogP contribution < -0.4 is 0 Å². The molecule has 0 unspecified atom stereocenters. The lowest BCUT2D eigenvalue weighted by molar-refractivity contribution is -0.220. The number of esters is 1. The zero-order valence-electron chi connectivity index (χ0n) is 15.7. The summed E-state index contributed by atoms with van der Waals surface area (Å²) in [5.74, 6) is 0.563. The van der Waals surface area contributed by atoms with Crippen LogP contribution in [0.2, 0.25) is 0 Å². The van der Waals surface area contributed by atoms with Crippen molar-refractivity contribution in [2.75, 3.05) is 19.8 Å². The van der Waals surface area contributed by atoms with E-state index in [9.17, 15) is 9.90 Å². The summed E-state index contributed by atoms with van der Waals surface area (Å²) in [7, 11) is 0. The van der Waals surface area contributed by atoms with Gasteiger partial charge in [-0.05, 0) is 44.4 Å².